The fourth-order valence-corrected chi connectivity index (χ4v) is 3.68. The zero-order chi connectivity index (χ0) is 21.1. The van der Waals surface area contributed by atoms with Crippen molar-refractivity contribution in [2.45, 2.75) is 13.5 Å². The average molecular weight is 407 g/mol. The van der Waals surface area contributed by atoms with E-state index in [0.29, 0.717) is 17.1 Å². The summed E-state index contributed by atoms with van der Waals surface area (Å²) in [5.74, 6) is 0.289. The Kier molecular flexibility index (Phi) is 5.78. The first-order valence-electron chi connectivity index (χ1n) is 9.95. The normalized spacial score (nSPS) is 14.6. The molecule has 3 N–H and O–H groups in total. The lowest BCUT2D eigenvalue weighted by molar-refractivity contribution is 0.0341. The van der Waals surface area contributed by atoms with Crippen molar-refractivity contribution in [3.63, 3.8) is 0 Å². The number of morpholine rings is 1. The van der Waals surface area contributed by atoms with Gasteiger partial charge in [0.05, 0.1) is 18.8 Å². The molecule has 8 nitrogen and oxygen atoms in total. The van der Waals surface area contributed by atoms with Crippen LogP contribution >= 0.6 is 0 Å². The third kappa shape index (κ3) is 4.34. The molecule has 30 heavy (non-hydrogen) atoms. The molecule has 3 heterocycles. The summed E-state index contributed by atoms with van der Waals surface area (Å²) in [5, 5.41) is 6.84. The quantitative estimate of drug-likeness (QED) is 0.601. The first-order valence-corrected chi connectivity index (χ1v) is 9.95. The third-order valence-corrected chi connectivity index (χ3v) is 5.24. The number of carbonyl (C=O) groups excluding carboxylic acids is 1. The minimum atomic E-state index is -0.239. The average Bonchev–Trinajstić information content (AvgIpc) is 2.75. The molecule has 1 aliphatic rings. The van der Waals surface area contributed by atoms with E-state index < -0.39 is 0 Å². The second kappa shape index (κ2) is 8.64. The van der Waals surface area contributed by atoms with Crippen LogP contribution < -0.4 is 16.2 Å². The zero-order valence-electron chi connectivity index (χ0n) is 17.1. The number of anilines is 2. The number of rotatable bonds is 5. The predicted octanol–water partition coefficient (Wildman–Crippen LogP) is 2.36. The van der Waals surface area contributed by atoms with Crippen molar-refractivity contribution < 1.29 is 9.53 Å². The van der Waals surface area contributed by atoms with Gasteiger partial charge in [-0.2, -0.15) is 0 Å². The van der Waals surface area contributed by atoms with Gasteiger partial charge >= 0.3 is 0 Å². The Morgan fingerprint density at radius 1 is 1.23 bits per heavy atom. The molecule has 0 unspecified atom stereocenters. The van der Waals surface area contributed by atoms with Crippen molar-refractivity contribution in [2.75, 3.05) is 44.0 Å². The summed E-state index contributed by atoms with van der Waals surface area (Å²) in [6, 6.07) is 8.87. The number of ether oxygens (including phenoxy) is 1. The van der Waals surface area contributed by atoms with E-state index in [2.05, 4.69) is 25.5 Å². The maximum atomic E-state index is 13.0. The van der Waals surface area contributed by atoms with E-state index in [4.69, 9.17) is 4.74 Å². The summed E-state index contributed by atoms with van der Waals surface area (Å²) < 4.78 is 5.40. The number of benzene rings is 1. The number of fused-ring (bicyclic) bond motifs is 1. The topological polar surface area (TPSA) is 99.3 Å². The molecule has 0 aliphatic carbocycles. The molecule has 1 amide bonds. The number of aromatic nitrogens is 2. The fourth-order valence-electron chi connectivity index (χ4n) is 3.68. The number of nitrogens with one attached hydrogen (secondary N) is 3. The molecular weight excluding hydrogens is 382 g/mol. The van der Waals surface area contributed by atoms with Crippen LogP contribution in [0.1, 0.15) is 21.5 Å². The highest BCUT2D eigenvalue weighted by Crippen LogP contribution is 2.22. The van der Waals surface area contributed by atoms with Gasteiger partial charge in [0.25, 0.3) is 5.91 Å². The highest BCUT2D eigenvalue weighted by Gasteiger charge is 2.16. The standard InChI is InChI=1S/C22H25N5O3/c1-14-9-20(28)26-19-4-3-16(11-17(14)19)25-22(29)18-10-15(12-24-21(18)23-2)13-27-5-7-30-8-6-27/h3-4,9-12H,5-8,13H2,1-2H3,(H,23,24)(H,25,29)(H,26,28). The molecule has 0 atom stereocenters. The third-order valence-electron chi connectivity index (χ3n) is 5.24. The second-order valence-electron chi connectivity index (χ2n) is 7.41. The highest BCUT2D eigenvalue weighted by atomic mass is 16.5. The van der Waals surface area contributed by atoms with Gasteiger partial charge in [0, 0.05) is 55.5 Å². The minimum Gasteiger partial charge on any atom is -0.379 e. The Labute approximate surface area is 174 Å². The van der Waals surface area contributed by atoms with Crippen LogP contribution in [0, 0.1) is 6.92 Å². The van der Waals surface area contributed by atoms with E-state index in [1.165, 1.54) is 0 Å². The van der Waals surface area contributed by atoms with Crippen LogP contribution in [0.2, 0.25) is 0 Å². The lowest BCUT2D eigenvalue weighted by Crippen LogP contribution is -2.35. The molecule has 0 bridgehead atoms. The summed E-state index contributed by atoms with van der Waals surface area (Å²) in [5.41, 5.74) is 3.58. The lowest BCUT2D eigenvalue weighted by atomic mass is 10.1. The lowest BCUT2D eigenvalue weighted by Gasteiger charge is -2.26. The molecule has 3 aromatic rings. The Morgan fingerprint density at radius 3 is 2.80 bits per heavy atom. The van der Waals surface area contributed by atoms with Gasteiger partial charge < -0.3 is 20.4 Å². The van der Waals surface area contributed by atoms with Crippen molar-refractivity contribution in [3.05, 3.63) is 63.6 Å². The summed E-state index contributed by atoms with van der Waals surface area (Å²) in [6.45, 7) is 5.79. The number of nitrogens with zero attached hydrogens (tertiary/aromatic N) is 2. The first kappa shape index (κ1) is 20.1. The van der Waals surface area contributed by atoms with Gasteiger partial charge in [-0.05, 0) is 42.3 Å². The molecule has 1 aliphatic heterocycles. The number of aromatic amines is 1. The maximum Gasteiger partial charge on any atom is 0.259 e. The van der Waals surface area contributed by atoms with E-state index in [-0.39, 0.29) is 11.5 Å². The molecule has 156 valence electrons. The van der Waals surface area contributed by atoms with Crippen LogP contribution in [-0.4, -0.2) is 54.1 Å². The summed E-state index contributed by atoms with van der Waals surface area (Å²) in [4.78, 5) is 34.2. The molecule has 1 saturated heterocycles. The number of aryl methyl sites for hydroxylation is 1. The van der Waals surface area contributed by atoms with Gasteiger partial charge in [-0.3, -0.25) is 14.5 Å². The molecule has 4 rings (SSSR count). The van der Waals surface area contributed by atoms with Crippen LogP contribution in [0.5, 0.6) is 0 Å². The van der Waals surface area contributed by atoms with Crippen molar-refractivity contribution in [2.24, 2.45) is 0 Å². The molecule has 1 fully saturated rings. The number of H-pyrrole nitrogens is 1. The Bertz CT molecular complexity index is 1140. The van der Waals surface area contributed by atoms with E-state index in [1.54, 1.807) is 31.4 Å². The van der Waals surface area contributed by atoms with E-state index in [0.717, 1.165) is 54.9 Å². The van der Waals surface area contributed by atoms with E-state index in [9.17, 15) is 9.59 Å². The first-order chi connectivity index (χ1) is 14.5. The number of carbonyl (C=O) groups is 1. The SMILES string of the molecule is CNc1ncc(CN2CCOCC2)cc1C(=O)Nc1ccc2[nH]c(=O)cc(C)c2c1. The smallest absolute Gasteiger partial charge is 0.259 e. The molecule has 0 spiro atoms. The van der Waals surface area contributed by atoms with Crippen LogP contribution in [0.15, 0.2) is 41.3 Å². The molecule has 2 aromatic heterocycles. The monoisotopic (exact) mass is 407 g/mol. The highest BCUT2D eigenvalue weighted by molar-refractivity contribution is 6.08. The van der Waals surface area contributed by atoms with Gasteiger partial charge in [0.15, 0.2) is 0 Å². The summed E-state index contributed by atoms with van der Waals surface area (Å²) in [6.07, 6.45) is 1.80. The van der Waals surface area contributed by atoms with Crippen molar-refractivity contribution in [1.29, 1.82) is 0 Å². The summed E-state index contributed by atoms with van der Waals surface area (Å²) in [7, 11) is 1.75. The van der Waals surface area contributed by atoms with Gasteiger partial charge in [-0.1, -0.05) is 0 Å². The molecule has 0 radical (unpaired) electrons. The largest absolute Gasteiger partial charge is 0.379 e. The van der Waals surface area contributed by atoms with Gasteiger partial charge in [0.2, 0.25) is 5.56 Å². The molecule has 8 heteroatoms. The Morgan fingerprint density at radius 2 is 2.03 bits per heavy atom. The van der Waals surface area contributed by atoms with Crippen LogP contribution in [-0.2, 0) is 11.3 Å². The zero-order valence-corrected chi connectivity index (χ0v) is 17.1. The van der Waals surface area contributed by atoms with Gasteiger partial charge in [-0.25, -0.2) is 4.98 Å². The molecule has 1 aromatic carbocycles. The molecular formula is C22H25N5O3. The Balaban J connectivity index is 1.58. The van der Waals surface area contributed by atoms with Crippen molar-refractivity contribution in [3.8, 4) is 0 Å². The van der Waals surface area contributed by atoms with Crippen LogP contribution in [0.3, 0.4) is 0 Å². The number of amides is 1. The predicted molar refractivity (Wildman–Crippen MR) is 117 cm³/mol. The van der Waals surface area contributed by atoms with Crippen molar-refractivity contribution >= 4 is 28.3 Å². The maximum absolute atomic E-state index is 13.0. The number of pyridine rings is 2. The van der Waals surface area contributed by atoms with E-state index in [1.807, 2.05) is 19.1 Å². The van der Waals surface area contributed by atoms with Crippen LogP contribution in [0.4, 0.5) is 11.5 Å². The van der Waals surface area contributed by atoms with E-state index >= 15 is 0 Å². The minimum absolute atomic E-state index is 0.140. The van der Waals surface area contributed by atoms with Crippen molar-refractivity contribution in [1.82, 2.24) is 14.9 Å². The second-order valence-corrected chi connectivity index (χ2v) is 7.41. The fraction of sp³-hybridized carbons (Fsp3) is 0.318. The summed E-state index contributed by atoms with van der Waals surface area (Å²) >= 11 is 0. The number of hydrogen-bond acceptors (Lipinski definition) is 6. The Hall–Kier alpha value is -3.23. The van der Waals surface area contributed by atoms with Crippen LogP contribution in [0.25, 0.3) is 10.9 Å². The van der Waals surface area contributed by atoms with Gasteiger partial charge in [-0.15, -0.1) is 0 Å². The number of hydrogen-bond donors (Lipinski definition) is 3. The van der Waals surface area contributed by atoms with Gasteiger partial charge in [0.1, 0.15) is 5.82 Å². The molecule has 0 saturated carbocycles.